The molecule has 1 aliphatic heterocycles. The van der Waals surface area contributed by atoms with E-state index in [4.69, 9.17) is 4.74 Å². The van der Waals surface area contributed by atoms with Crippen molar-refractivity contribution in [3.8, 4) is 0 Å². The number of para-hydroxylation sites is 1. The van der Waals surface area contributed by atoms with E-state index in [0.29, 0.717) is 6.61 Å². The lowest BCUT2D eigenvalue weighted by molar-refractivity contribution is -0.127. The van der Waals surface area contributed by atoms with E-state index in [-0.39, 0.29) is 11.3 Å². The number of hydrogen-bond donors (Lipinski definition) is 0. The lowest BCUT2D eigenvalue weighted by atomic mass is 9.80. The lowest BCUT2D eigenvalue weighted by Gasteiger charge is -2.38. The highest BCUT2D eigenvalue weighted by molar-refractivity contribution is 6.00. The molecule has 1 heterocycles. The average molecular weight is 247 g/mol. The van der Waals surface area contributed by atoms with Gasteiger partial charge in [-0.25, -0.2) is 0 Å². The summed E-state index contributed by atoms with van der Waals surface area (Å²) in [6, 6.07) is 8.19. The van der Waals surface area contributed by atoms with Crippen molar-refractivity contribution in [3.05, 3.63) is 29.8 Å². The van der Waals surface area contributed by atoms with Gasteiger partial charge in [0.15, 0.2) is 0 Å². The van der Waals surface area contributed by atoms with Gasteiger partial charge in [0.25, 0.3) is 0 Å². The Kier molecular flexibility index (Phi) is 3.71. The normalized spacial score (nSPS) is 17.7. The number of benzene rings is 1. The molecule has 3 nitrogen and oxygen atoms in total. The summed E-state index contributed by atoms with van der Waals surface area (Å²) in [6.45, 7) is 5.46. The minimum atomic E-state index is -0.304. The molecule has 0 radical (unpaired) electrons. The fourth-order valence-corrected chi connectivity index (χ4v) is 2.54. The van der Waals surface area contributed by atoms with E-state index >= 15 is 0 Å². The van der Waals surface area contributed by atoms with Gasteiger partial charge in [-0.3, -0.25) is 4.79 Å². The average Bonchev–Trinajstić information content (AvgIpc) is 2.34. The maximum atomic E-state index is 12.5. The summed E-state index contributed by atoms with van der Waals surface area (Å²) in [4.78, 5) is 14.4. The molecule has 0 unspecified atom stereocenters. The first-order chi connectivity index (χ1) is 8.56. The van der Waals surface area contributed by atoms with Gasteiger partial charge in [0, 0.05) is 31.4 Å². The molecule has 0 fully saturated rings. The molecule has 0 aromatic heterocycles. The smallest absolute Gasteiger partial charge is 0.232 e. The standard InChI is InChI=1S/C15H21NO2/c1-15(2)11-12-7-4-5-8-13(12)16(14(15)17)9-6-10-18-3/h4-5,7-8H,6,9-11H2,1-3H3. The van der Waals surface area contributed by atoms with Crippen LogP contribution in [0.1, 0.15) is 25.8 Å². The molecule has 3 heteroatoms. The number of fused-ring (bicyclic) bond motifs is 1. The molecule has 0 bridgehead atoms. The van der Waals surface area contributed by atoms with Crippen LogP contribution in [-0.2, 0) is 16.0 Å². The monoisotopic (exact) mass is 247 g/mol. The molecule has 0 saturated heterocycles. The number of rotatable bonds is 4. The fraction of sp³-hybridized carbons (Fsp3) is 0.533. The Labute approximate surface area is 109 Å². The van der Waals surface area contributed by atoms with Crippen LogP contribution in [0.25, 0.3) is 0 Å². The van der Waals surface area contributed by atoms with Gasteiger partial charge in [-0.2, -0.15) is 0 Å². The largest absolute Gasteiger partial charge is 0.385 e. The molecule has 1 aromatic rings. The minimum absolute atomic E-state index is 0.220. The molecule has 0 spiro atoms. The predicted molar refractivity (Wildman–Crippen MR) is 72.8 cm³/mol. The number of amides is 1. The van der Waals surface area contributed by atoms with Crippen LogP contribution in [0.15, 0.2) is 24.3 Å². The van der Waals surface area contributed by atoms with E-state index in [0.717, 1.165) is 25.1 Å². The van der Waals surface area contributed by atoms with Crippen molar-refractivity contribution in [2.75, 3.05) is 25.2 Å². The van der Waals surface area contributed by atoms with Crippen molar-refractivity contribution in [2.24, 2.45) is 5.41 Å². The van der Waals surface area contributed by atoms with Gasteiger partial charge in [0.2, 0.25) is 5.91 Å². The number of ether oxygens (including phenoxy) is 1. The molecule has 0 saturated carbocycles. The Morgan fingerprint density at radius 2 is 2.06 bits per heavy atom. The molecule has 1 aromatic carbocycles. The van der Waals surface area contributed by atoms with Crippen LogP contribution in [0.4, 0.5) is 5.69 Å². The molecule has 0 aliphatic carbocycles. The van der Waals surface area contributed by atoms with Crippen molar-refractivity contribution in [3.63, 3.8) is 0 Å². The first-order valence-corrected chi connectivity index (χ1v) is 6.45. The highest BCUT2D eigenvalue weighted by atomic mass is 16.5. The third-order valence-electron chi connectivity index (χ3n) is 3.47. The van der Waals surface area contributed by atoms with Gasteiger partial charge in [0.05, 0.1) is 0 Å². The van der Waals surface area contributed by atoms with Gasteiger partial charge in [-0.1, -0.05) is 32.0 Å². The Morgan fingerprint density at radius 3 is 2.78 bits per heavy atom. The minimum Gasteiger partial charge on any atom is -0.385 e. The summed E-state index contributed by atoms with van der Waals surface area (Å²) in [7, 11) is 1.69. The molecule has 0 atom stereocenters. The number of hydrogen-bond acceptors (Lipinski definition) is 2. The van der Waals surface area contributed by atoms with Gasteiger partial charge in [-0.15, -0.1) is 0 Å². The Bertz CT molecular complexity index is 440. The zero-order valence-electron chi connectivity index (χ0n) is 11.4. The van der Waals surface area contributed by atoms with Gasteiger partial charge < -0.3 is 9.64 Å². The maximum absolute atomic E-state index is 12.5. The molecular weight excluding hydrogens is 226 g/mol. The maximum Gasteiger partial charge on any atom is 0.232 e. The van der Waals surface area contributed by atoms with Crippen LogP contribution < -0.4 is 4.90 Å². The van der Waals surface area contributed by atoms with Crippen molar-refractivity contribution < 1.29 is 9.53 Å². The van der Waals surface area contributed by atoms with Crippen LogP contribution >= 0.6 is 0 Å². The number of carbonyl (C=O) groups is 1. The van der Waals surface area contributed by atoms with Gasteiger partial charge >= 0.3 is 0 Å². The Hall–Kier alpha value is -1.35. The van der Waals surface area contributed by atoms with E-state index in [1.807, 2.05) is 36.9 Å². The molecule has 1 aliphatic rings. The first kappa shape index (κ1) is 13.1. The molecule has 2 rings (SSSR count). The zero-order chi connectivity index (χ0) is 13.2. The van der Waals surface area contributed by atoms with Crippen LogP contribution in [0.3, 0.4) is 0 Å². The highest BCUT2D eigenvalue weighted by Crippen LogP contribution is 2.37. The highest BCUT2D eigenvalue weighted by Gasteiger charge is 2.38. The topological polar surface area (TPSA) is 29.5 Å². The number of carbonyl (C=O) groups excluding carboxylic acids is 1. The second kappa shape index (κ2) is 5.11. The van der Waals surface area contributed by atoms with Crippen LogP contribution in [0.2, 0.25) is 0 Å². The summed E-state index contributed by atoms with van der Waals surface area (Å²) in [5.74, 6) is 0.220. The van der Waals surface area contributed by atoms with Crippen molar-refractivity contribution >= 4 is 11.6 Å². The zero-order valence-corrected chi connectivity index (χ0v) is 11.4. The fourth-order valence-electron chi connectivity index (χ4n) is 2.54. The number of methoxy groups -OCH3 is 1. The Balaban J connectivity index is 2.27. The summed E-state index contributed by atoms with van der Waals surface area (Å²) in [5.41, 5.74) is 2.03. The van der Waals surface area contributed by atoms with Crippen LogP contribution in [0.5, 0.6) is 0 Å². The summed E-state index contributed by atoms with van der Waals surface area (Å²) in [5, 5.41) is 0. The second-order valence-electron chi connectivity index (χ2n) is 5.49. The predicted octanol–water partition coefficient (Wildman–Crippen LogP) is 2.64. The summed E-state index contributed by atoms with van der Waals surface area (Å²) < 4.78 is 5.07. The number of nitrogens with zero attached hydrogens (tertiary/aromatic N) is 1. The van der Waals surface area contributed by atoms with Gasteiger partial charge in [0.1, 0.15) is 0 Å². The van der Waals surface area contributed by atoms with E-state index in [9.17, 15) is 4.79 Å². The molecule has 1 amide bonds. The second-order valence-corrected chi connectivity index (χ2v) is 5.49. The van der Waals surface area contributed by atoms with Crippen molar-refractivity contribution in [1.82, 2.24) is 0 Å². The van der Waals surface area contributed by atoms with Crippen LogP contribution in [-0.4, -0.2) is 26.2 Å². The number of anilines is 1. The molecule has 98 valence electrons. The summed E-state index contributed by atoms with van der Waals surface area (Å²) in [6.07, 6.45) is 1.69. The van der Waals surface area contributed by atoms with Crippen molar-refractivity contribution in [1.29, 1.82) is 0 Å². The first-order valence-electron chi connectivity index (χ1n) is 6.45. The summed E-state index contributed by atoms with van der Waals surface area (Å²) >= 11 is 0. The van der Waals surface area contributed by atoms with E-state index < -0.39 is 0 Å². The van der Waals surface area contributed by atoms with Gasteiger partial charge in [-0.05, 0) is 24.5 Å². The van der Waals surface area contributed by atoms with E-state index in [1.54, 1.807) is 7.11 Å². The van der Waals surface area contributed by atoms with Crippen molar-refractivity contribution in [2.45, 2.75) is 26.7 Å². The Morgan fingerprint density at radius 1 is 1.33 bits per heavy atom. The molecular formula is C15H21NO2. The lowest BCUT2D eigenvalue weighted by Crippen LogP contribution is -2.46. The third-order valence-corrected chi connectivity index (χ3v) is 3.47. The third kappa shape index (κ3) is 2.41. The van der Waals surface area contributed by atoms with E-state index in [2.05, 4.69) is 6.07 Å². The van der Waals surface area contributed by atoms with Crippen LogP contribution in [0, 0.1) is 5.41 Å². The molecule has 0 N–H and O–H groups in total. The molecule has 18 heavy (non-hydrogen) atoms. The quantitative estimate of drug-likeness (QED) is 0.765. The van der Waals surface area contributed by atoms with E-state index in [1.165, 1.54) is 5.56 Å². The SMILES string of the molecule is COCCCN1C(=O)C(C)(C)Cc2ccccc21.